The van der Waals surface area contributed by atoms with Gasteiger partial charge in [-0.05, 0) is 19.3 Å². The summed E-state index contributed by atoms with van der Waals surface area (Å²) in [7, 11) is 0. The molecule has 0 N–H and O–H groups in total. The fraction of sp³-hybridized carbons (Fsp3) is 0.778. The maximum Gasteiger partial charge on any atom is 0.0985 e. The molecule has 0 aromatic rings. The van der Waals surface area contributed by atoms with Crippen molar-refractivity contribution in [1.29, 1.82) is 0 Å². The normalized spacial score (nSPS) is 16.0. The van der Waals surface area contributed by atoms with E-state index in [1.807, 2.05) is 6.92 Å². The van der Waals surface area contributed by atoms with Gasteiger partial charge in [0.2, 0.25) is 0 Å². The SMILES string of the molecule is C/C=C(\F)[C@H](C)CC(C)C. The second kappa shape index (κ2) is 4.48. The summed E-state index contributed by atoms with van der Waals surface area (Å²) in [5, 5.41) is 0. The zero-order valence-electron chi connectivity index (χ0n) is 7.32. The van der Waals surface area contributed by atoms with E-state index in [4.69, 9.17) is 0 Å². The topological polar surface area (TPSA) is 0 Å². The molecule has 0 saturated carbocycles. The van der Waals surface area contributed by atoms with Crippen molar-refractivity contribution in [3.05, 3.63) is 11.9 Å². The summed E-state index contributed by atoms with van der Waals surface area (Å²) in [6.07, 6.45) is 2.49. The Morgan fingerprint density at radius 1 is 1.40 bits per heavy atom. The molecule has 0 rings (SSSR count). The van der Waals surface area contributed by atoms with Crippen LogP contribution in [0.15, 0.2) is 11.9 Å². The first-order chi connectivity index (χ1) is 4.57. The van der Waals surface area contributed by atoms with Gasteiger partial charge in [-0.3, -0.25) is 0 Å². The van der Waals surface area contributed by atoms with E-state index in [9.17, 15) is 4.39 Å². The van der Waals surface area contributed by atoms with E-state index >= 15 is 0 Å². The molecule has 0 unspecified atom stereocenters. The molecular formula is C9H17F. The average molecular weight is 144 g/mol. The van der Waals surface area contributed by atoms with Crippen molar-refractivity contribution >= 4 is 0 Å². The highest BCUT2D eigenvalue weighted by Gasteiger charge is 2.08. The van der Waals surface area contributed by atoms with Crippen molar-refractivity contribution in [3.63, 3.8) is 0 Å². The minimum Gasteiger partial charge on any atom is -0.212 e. The number of hydrogen-bond donors (Lipinski definition) is 0. The van der Waals surface area contributed by atoms with Crippen LogP contribution < -0.4 is 0 Å². The number of halogens is 1. The van der Waals surface area contributed by atoms with Crippen LogP contribution in [-0.4, -0.2) is 0 Å². The van der Waals surface area contributed by atoms with Crippen LogP contribution in [0.25, 0.3) is 0 Å². The van der Waals surface area contributed by atoms with Crippen LogP contribution in [0.5, 0.6) is 0 Å². The van der Waals surface area contributed by atoms with Gasteiger partial charge in [0, 0.05) is 5.92 Å². The molecular weight excluding hydrogens is 127 g/mol. The van der Waals surface area contributed by atoms with E-state index in [1.54, 1.807) is 13.0 Å². The number of rotatable bonds is 3. The Bertz CT molecular complexity index is 114. The second-order valence-corrected chi connectivity index (χ2v) is 3.20. The predicted octanol–water partition coefficient (Wildman–Crippen LogP) is 3.54. The second-order valence-electron chi connectivity index (χ2n) is 3.20. The summed E-state index contributed by atoms with van der Waals surface area (Å²) < 4.78 is 12.7. The zero-order chi connectivity index (χ0) is 8.15. The van der Waals surface area contributed by atoms with Crippen LogP contribution in [-0.2, 0) is 0 Å². The Morgan fingerprint density at radius 3 is 2.20 bits per heavy atom. The molecule has 0 aliphatic carbocycles. The minimum atomic E-state index is 0.0219. The Labute approximate surface area is 63.1 Å². The lowest BCUT2D eigenvalue weighted by Crippen LogP contribution is -1.99. The van der Waals surface area contributed by atoms with E-state index in [-0.39, 0.29) is 11.7 Å². The Balaban J connectivity index is 3.73. The van der Waals surface area contributed by atoms with Crippen LogP contribution in [0.1, 0.15) is 34.1 Å². The Morgan fingerprint density at radius 2 is 1.90 bits per heavy atom. The summed E-state index contributed by atoms with van der Waals surface area (Å²) in [5.41, 5.74) is 0. The van der Waals surface area contributed by atoms with E-state index in [0.717, 1.165) is 6.42 Å². The van der Waals surface area contributed by atoms with E-state index < -0.39 is 0 Å². The molecule has 60 valence electrons. The fourth-order valence-electron chi connectivity index (χ4n) is 1.10. The summed E-state index contributed by atoms with van der Waals surface area (Å²) in [6.45, 7) is 7.89. The van der Waals surface area contributed by atoms with Crippen LogP contribution in [0.2, 0.25) is 0 Å². The van der Waals surface area contributed by atoms with Gasteiger partial charge in [-0.25, -0.2) is 4.39 Å². The van der Waals surface area contributed by atoms with Crippen LogP contribution in [0.4, 0.5) is 4.39 Å². The maximum atomic E-state index is 12.7. The highest BCUT2D eigenvalue weighted by atomic mass is 19.1. The largest absolute Gasteiger partial charge is 0.212 e. The van der Waals surface area contributed by atoms with Crippen LogP contribution in [0.3, 0.4) is 0 Å². The molecule has 0 aromatic carbocycles. The van der Waals surface area contributed by atoms with Gasteiger partial charge in [0.15, 0.2) is 0 Å². The maximum absolute atomic E-state index is 12.7. The van der Waals surface area contributed by atoms with Gasteiger partial charge in [-0.1, -0.05) is 26.8 Å². The summed E-state index contributed by atoms with van der Waals surface area (Å²) in [5.74, 6) is 0.708. The Hall–Kier alpha value is -0.330. The molecule has 0 nitrogen and oxygen atoms in total. The molecule has 0 saturated heterocycles. The summed E-state index contributed by atoms with van der Waals surface area (Å²) in [6, 6.07) is 0. The lowest BCUT2D eigenvalue weighted by atomic mass is 9.98. The van der Waals surface area contributed by atoms with Gasteiger partial charge in [0.25, 0.3) is 0 Å². The molecule has 0 spiro atoms. The first kappa shape index (κ1) is 9.67. The lowest BCUT2D eigenvalue weighted by molar-refractivity contribution is 0.412. The molecule has 0 radical (unpaired) electrons. The van der Waals surface area contributed by atoms with Crippen molar-refractivity contribution in [2.24, 2.45) is 11.8 Å². The van der Waals surface area contributed by atoms with E-state index in [2.05, 4.69) is 13.8 Å². The molecule has 0 bridgehead atoms. The van der Waals surface area contributed by atoms with Crippen molar-refractivity contribution < 1.29 is 4.39 Å². The molecule has 0 aliphatic heterocycles. The molecule has 1 atom stereocenters. The van der Waals surface area contributed by atoms with Crippen LogP contribution >= 0.6 is 0 Å². The summed E-state index contributed by atoms with van der Waals surface area (Å²) >= 11 is 0. The van der Waals surface area contributed by atoms with Gasteiger partial charge in [-0.15, -0.1) is 0 Å². The smallest absolute Gasteiger partial charge is 0.0985 e. The standard InChI is InChI=1S/C9H17F/c1-5-9(10)8(4)6-7(2)3/h5,7-8H,6H2,1-4H3/b9-5-/t8-/m1/s1. The quantitative estimate of drug-likeness (QED) is 0.568. The van der Waals surface area contributed by atoms with Crippen LogP contribution in [0, 0.1) is 11.8 Å². The monoisotopic (exact) mass is 144 g/mol. The highest BCUT2D eigenvalue weighted by Crippen LogP contribution is 2.19. The molecule has 0 amide bonds. The van der Waals surface area contributed by atoms with Crippen molar-refractivity contribution in [2.45, 2.75) is 34.1 Å². The zero-order valence-corrected chi connectivity index (χ0v) is 7.32. The molecule has 0 aliphatic rings. The van der Waals surface area contributed by atoms with E-state index in [0.29, 0.717) is 5.92 Å². The summed E-state index contributed by atoms with van der Waals surface area (Å²) in [4.78, 5) is 0. The first-order valence-corrected chi connectivity index (χ1v) is 3.89. The third kappa shape index (κ3) is 3.65. The molecule has 0 heterocycles. The molecule has 0 fully saturated rings. The third-order valence-corrected chi connectivity index (χ3v) is 1.57. The third-order valence-electron chi connectivity index (χ3n) is 1.57. The molecule has 10 heavy (non-hydrogen) atoms. The lowest BCUT2D eigenvalue weighted by Gasteiger charge is -2.10. The van der Waals surface area contributed by atoms with Crippen molar-refractivity contribution in [3.8, 4) is 0 Å². The molecule has 1 heteroatoms. The van der Waals surface area contributed by atoms with E-state index in [1.165, 1.54) is 0 Å². The highest BCUT2D eigenvalue weighted by molar-refractivity contribution is 4.93. The first-order valence-electron chi connectivity index (χ1n) is 3.89. The average Bonchev–Trinajstić information content (AvgIpc) is 1.85. The number of hydrogen-bond acceptors (Lipinski definition) is 0. The minimum absolute atomic E-state index is 0.0219. The van der Waals surface area contributed by atoms with Gasteiger partial charge >= 0.3 is 0 Å². The van der Waals surface area contributed by atoms with Gasteiger partial charge < -0.3 is 0 Å². The van der Waals surface area contributed by atoms with Crippen molar-refractivity contribution in [2.75, 3.05) is 0 Å². The van der Waals surface area contributed by atoms with Gasteiger partial charge in [0.1, 0.15) is 0 Å². The van der Waals surface area contributed by atoms with Gasteiger partial charge in [0.05, 0.1) is 5.83 Å². The predicted molar refractivity (Wildman–Crippen MR) is 43.5 cm³/mol. The Kier molecular flexibility index (Phi) is 4.33. The van der Waals surface area contributed by atoms with Crippen molar-refractivity contribution in [1.82, 2.24) is 0 Å². The fourth-order valence-corrected chi connectivity index (χ4v) is 1.10. The van der Waals surface area contributed by atoms with Gasteiger partial charge in [-0.2, -0.15) is 0 Å². The number of allylic oxidation sites excluding steroid dienone is 2. The molecule has 0 aromatic heterocycles.